The number of carbonyl (C=O) groups is 3. The van der Waals surface area contributed by atoms with Crippen molar-refractivity contribution in [3.8, 4) is 22.6 Å². The molecule has 1 fully saturated rings. The van der Waals surface area contributed by atoms with Gasteiger partial charge in [0.25, 0.3) is 0 Å². The molecule has 2 amide bonds. The van der Waals surface area contributed by atoms with Gasteiger partial charge in [-0.1, -0.05) is 48.9 Å². The van der Waals surface area contributed by atoms with Gasteiger partial charge in [0.05, 0.1) is 17.7 Å². The standard InChI is InChI=1S/C35H38ClF2N3O5/c1-20-28-27(18-25(37)31(36)30(28)29-24(33(39)43)14-15-26(45-2)32(29)38)46-35(20,22-8-4-3-5-9-22)19-41-23-12-10-21(11-13-23)34(44)40-16-6-7-17-42/h3-5,8-9,14-15,17-18,20-21,23,41H,6-7,10-13,16,19H2,1-2H3,(H2,39,43)(H,40,44)/t20-,21?,23?,35-/m0/s1. The summed E-state index contributed by atoms with van der Waals surface area (Å²) < 4.78 is 43.3. The lowest BCUT2D eigenvalue weighted by molar-refractivity contribution is -0.126. The van der Waals surface area contributed by atoms with Crippen LogP contribution in [0.3, 0.4) is 0 Å². The van der Waals surface area contributed by atoms with Crippen molar-refractivity contribution in [3.63, 3.8) is 0 Å². The Morgan fingerprint density at radius 2 is 1.83 bits per heavy atom. The van der Waals surface area contributed by atoms with E-state index in [1.165, 1.54) is 25.3 Å². The van der Waals surface area contributed by atoms with Crippen LogP contribution in [0.4, 0.5) is 8.78 Å². The monoisotopic (exact) mass is 653 g/mol. The van der Waals surface area contributed by atoms with Crippen LogP contribution >= 0.6 is 11.6 Å². The first-order chi connectivity index (χ1) is 22.1. The summed E-state index contributed by atoms with van der Waals surface area (Å²) >= 11 is 6.59. The van der Waals surface area contributed by atoms with Gasteiger partial charge in [0.15, 0.2) is 17.2 Å². The van der Waals surface area contributed by atoms with Gasteiger partial charge in [-0.05, 0) is 49.8 Å². The highest BCUT2D eigenvalue weighted by molar-refractivity contribution is 6.34. The molecule has 0 radical (unpaired) electrons. The van der Waals surface area contributed by atoms with Crippen molar-refractivity contribution in [2.75, 3.05) is 20.2 Å². The molecule has 1 heterocycles. The van der Waals surface area contributed by atoms with Gasteiger partial charge >= 0.3 is 0 Å². The Bertz CT molecular complexity index is 1610. The summed E-state index contributed by atoms with van der Waals surface area (Å²) in [5, 5.41) is 6.22. The molecule has 5 rings (SSSR count). The summed E-state index contributed by atoms with van der Waals surface area (Å²) in [5.74, 6) is -3.17. The molecule has 1 saturated carbocycles. The second-order valence-corrected chi connectivity index (χ2v) is 12.3. The summed E-state index contributed by atoms with van der Waals surface area (Å²) in [6, 6.07) is 13.4. The summed E-state index contributed by atoms with van der Waals surface area (Å²) in [6.07, 6.45) is 4.85. The molecule has 0 spiro atoms. The minimum Gasteiger partial charge on any atom is -0.494 e. The number of halogens is 3. The normalized spacial score (nSPS) is 22.1. The van der Waals surface area contributed by atoms with E-state index in [-0.39, 0.29) is 51.1 Å². The van der Waals surface area contributed by atoms with E-state index in [1.807, 2.05) is 37.3 Å². The van der Waals surface area contributed by atoms with Crippen LogP contribution in [0.25, 0.3) is 11.1 Å². The Morgan fingerprint density at radius 1 is 1.11 bits per heavy atom. The molecule has 3 aromatic rings. The number of methoxy groups -OCH3 is 1. The maximum atomic E-state index is 16.0. The fourth-order valence-corrected chi connectivity index (χ4v) is 7.03. The van der Waals surface area contributed by atoms with Crippen molar-refractivity contribution in [1.82, 2.24) is 10.6 Å². The van der Waals surface area contributed by atoms with E-state index in [9.17, 15) is 14.4 Å². The highest BCUT2D eigenvalue weighted by atomic mass is 35.5. The van der Waals surface area contributed by atoms with Crippen LogP contribution in [0.15, 0.2) is 48.5 Å². The number of nitrogens with two attached hydrogens (primary N) is 1. The van der Waals surface area contributed by atoms with Crippen molar-refractivity contribution < 1.29 is 32.6 Å². The topological polar surface area (TPSA) is 120 Å². The Kier molecular flexibility index (Phi) is 10.3. The van der Waals surface area contributed by atoms with Crippen LogP contribution in [0.5, 0.6) is 11.5 Å². The fourth-order valence-electron chi connectivity index (χ4n) is 6.78. The first-order valence-electron chi connectivity index (χ1n) is 15.5. The number of nitrogens with one attached hydrogen (secondary N) is 2. The largest absolute Gasteiger partial charge is 0.494 e. The van der Waals surface area contributed by atoms with Gasteiger partial charge in [0.2, 0.25) is 11.8 Å². The second kappa shape index (κ2) is 14.2. The van der Waals surface area contributed by atoms with Gasteiger partial charge in [0.1, 0.15) is 17.9 Å². The maximum Gasteiger partial charge on any atom is 0.249 e. The number of hydrogen-bond donors (Lipinski definition) is 3. The van der Waals surface area contributed by atoms with E-state index in [1.54, 1.807) is 0 Å². The third-order valence-electron chi connectivity index (χ3n) is 9.30. The van der Waals surface area contributed by atoms with E-state index in [0.717, 1.165) is 24.7 Å². The molecule has 2 aliphatic rings. The summed E-state index contributed by atoms with van der Waals surface area (Å²) in [6.45, 7) is 2.71. The van der Waals surface area contributed by atoms with Crippen LogP contribution in [0, 0.1) is 17.6 Å². The molecule has 0 saturated heterocycles. The molecule has 4 N–H and O–H groups in total. The molecule has 3 aromatic carbocycles. The molecule has 1 aliphatic carbocycles. The molecule has 8 nitrogen and oxygen atoms in total. The summed E-state index contributed by atoms with van der Waals surface area (Å²) in [4.78, 5) is 35.7. The highest BCUT2D eigenvalue weighted by Crippen LogP contribution is 2.56. The molecule has 46 heavy (non-hydrogen) atoms. The minimum atomic E-state index is -1.05. The van der Waals surface area contributed by atoms with Crippen molar-refractivity contribution >= 4 is 29.7 Å². The highest BCUT2D eigenvalue weighted by Gasteiger charge is 2.50. The Balaban J connectivity index is 1.47. The van der Waals surface area contributed by atoms with Crippen LogP contribution < -0.4 is 25.8 Å². The molecular formula is C35H38ClF2N3O5. The smallest absolute Gasteiger partial charge is 0.249 e. The fraction of sp³-hybridized carbons (Fsp3) is 0.400. The third-order valence-corrected chi connectivity index (χ3v) is 9.67. The first-order valence-corrected chi connectivity index (χ1v) is 15.9. The number of benzene rings is 3. The number of hydrogen-bond acceptors (Lipinski definition) is 6. The van der Waals surface area contributed by atoms with Crippen molar-refractivity contribution in [1.29, 1.82) is 0 Å². The van der Waals surface area contributed by atoms with Crippen LogP contribution in [-0.2, 0) is 15.2 Å². The average Bonchev–Trinajstić information content (AvgIpc) is 3.34. The van der Waals surface area contributed by atoms with Gasteiger partial charge in [-0.3, -0.25) is 9.59 Å². The van der Waals surface area contributed by atoms with Crippen molar-refractivity contribution in [2.24, 2.45) is 11.7 Å². The van der Waals surface area contributed by atoms with Crippen molar-refractivity contribution in [3.05, 3.63) is 81.9 Å². The second-order valence-electron chi connectivity index (χ2n) is 11.9. The Labute approximate surface area is 272 Å². The lowest BCUT2D eigenvalue weighted by Gasteiger charge is -2.37. The lowest BCUT2D eigenvalue weighted by Crippen LogP contribution is -2.48. The molecule has 1 aliphatic heterocycles. The zero-order valence-electron chi connectivity index (χ0n) is 25.8. The number of aldehydes is 1. The number of rotatable bonds is 12. The Morgan fingerprint density at radius 3 is 2.48 bits per heavy atom. The number of unbranched alkanes of at least 4 members (excludes halogenated alkanes) is 1. The minimum absolute atomic E-state index is 0.00756. The number of amides is 2. The van der Waals surface area contributed by atoms with Gasteiger partial charge in [-0.15, -0.1) is 0 Å². The van der Waals surface area contributed by atoms with E-state index in [2.05, 4.69) is 10.6 Å². The quantitative estimate of drug-likeness (QED) is 0.162. The van der Waals surface area contributed by atoms with E-state index in [4.69, 9.17) is 26.8 Å². The maximum absolute atomic E-state index is 16.0. The molecule has 11 heteroatoms. The van der Waals surface area contributed by atoms with Crippen LogP contribution in [-0.4, -0.2) is 44.3 Å². The molecule has 2 atom stereocenters. The van der Waals surface area contributed by atoms with E-state index < -0.39 is 29.1 Å². The van der Waals surface area contributed by atoms with Crippen LogP contribution in [0.2, 0.25) is 5.02 Å². The number of fused-ring (bicyclic) bond motifs is 1. The van der Waals surface area contributed by atoms with Gasteiger partial charge in [-0.2, -0.15) is 0 Å². The van der Waals surface area contributed by atoms with Crippen molar-refractivity contribution in [2.45, 2.75) is 63.0 Å². The molecule has 0 unspecified atom stereocenters. The molecular weight excluding hydrogens is 616 g/mol. The third kappa shape index (κ3) is 6.33. The number of carbonyl (C=O) groups excluding carboxylic acids is 3. The zero-order chi connectivity index (χ0) is 33.0. The molecule has 0 bridgehead atoms. The predicted molar refractivity (Wildman–Crippen MR) is 171 cm³/mol. The molecule has 0 aromatic heterocycles. The van der Waals surface area contributed by atoms with Crippen LogP contribution in [0.1, 0.15) is 72.9 Å². The number of primary amides is 1. The predicted octanol–water partition coefficient (Wildman–Crippen LogP) is 6.03. The van der Waals surface area contributed by atoms with Gasteiger partial charge in [0, 0.05) is 60.1 Å². The SMILES string of the molecule is COc1ccc(C(N)=O)c(-c2c(Cl)c(F)cc3c2[C@H](C)[C@@](CNC2CCC(C(=O)NCCCC=O)CC2)(c2ccccc2)O3)c1F. The molecule has 244 valence electrons. The van der Waals surface area contributed by atoms with E-state index in [0.29, 0.717) is 44.3 Å². The summed E-state index contributed by atoms with van der Waals surface area (Å²) in [5.41, 5.74) is 5.45. The lowest BCUT2D eigenvalue weighted by atomic mass is 9.77. The first kappa shape index (κ1) is 33.3. The van der Waals surface area contributed by atoms with Gasteiger partial charge in [-0.25, -0.2) is 8.78 Å². The number of ether oxygens (including phenoxy) is 2. The Hall–Kier alpha value is -4.02. The average molecular weight is 654 g/mol. The van der Waals surface area contributed by atoms with E-state index >= 15 is 8.78 Å². The summed E-state index contributed by atoms with van der Waals surface area (Å²) in [7, 11) is 1.29. The zero-order valence-corrected chi connectivity index (χ0v) is 26.6. The van der Waals surface area contributed by atoms with Gasteiger partial charge < -0.3 is 30.6 Å².